The predicted molar refractivity (Wildman–Crippen MR) is 79.5 cm³/mol. The molecule has 0 spiro atoms. The van der Waals surface area contributed by atoms with Crippen LogP contribution in [-0.4, -0.2) is 25.2 Å². The highest BCUT2D eigenvalue weighted by atomic mass is 16.5. The van der Waals surface area contributed by atoms with Crippen LogP contribution in [0.25, 0.3) is 0 Å². The van der Waals surface area contributed by atoms with Crippen LogP contribution in [0.4, 0.5) is 0 Å². The maximum absolute atomic E-state index is 5.98. The van der Waals surface area contributed by atoms with E-state index in [9.17, 15) is 0 Å². The van der Waals surface area contributed by atoms with Crippen LogP contribution in [0.5, 0.6) is 5.75 Å². The Balaban J connectivity index is 1.99. The molecule has 3 N–H and O–H groups in total. The average molecular weight is 260 g/mol. The van der Waals surface area contributed by atoms with Crippen LogP contribution in [0.2, 0.25) is 0 Å². The zero-order chi connectivity index (χ0) is 13.7. The third-order valence-electron chi connectivity index (χ3n) is 3.76. The van der Waals surface area contributed by atoms with Gasteiger partial charge in [-0.15, -0.1) is 0 Å². The Morgan fingerprint density at radius 1 is 1.26 bits per heavy atom. The summed E-state index contributed by atoms with van der Waals surface area (Å²) in [6.07, 6.45) is 7.63. The molecule has 0 fully saturated rings. The number of ether oxygens (including phenoxy) is 1. The zero-order valence-electron chi connectivity index (χ0n) is 11.9. The van der Waals surface area contributed by atoms with Crippen molar-refractivity contribution in [3.63, 3.8) is 0 Å². The summed E-state index contributed by atoms with van der Waals surface area (Å²) in [5.74, 6) is 0.895. The monoisotopic (exact) mass is 260 g/mol. The summed E-state index contributed by atoms with van der Waals surface area (Å²) in [5.41, 5.74) is 7.22. The van der Waals surface area contributed by atoms with Gasteiger partial charge in [0.05, 0.1) is 7.11 Å². The molecule has 1 aromatic rings. The third-order valence-corrected chi connectivity index (χ3v) is 3.76. The fraction of sp³-hybridized carbons (Fsp3) is 0.500. The summed E-state index contributed by atoms with van der Waals surface area (Å²) in [6, 6.07) is 8.77. The summed E-state index contributed by atoms with van der Waals surface area (Å²) in [5, 5.41) is 3.70. The Labute approximate surface area is 115 Å². The Morgan fingerprint density at radius 2 is 1.89 bits per heavy atom. The van der Waals surface area contributed by atoms with Gasteiger partial charge >= 0.3 is 0 Å². The molecule has 0 amide bonds. The van der Waals surface area contributed by atoms with E-state index in [1.165, 1.54) is 5.56 Å². The van der Waals surface area contributed by atoms with Gasteiger partial charge < -0.3 is 15.8 Å². The highest BCUT2D eigenvalue weighted by molar-refractivity contribution is 5.28. The van der Waals surface area contributed by atoms with Gasteiger partial charge in [-0.25, -0.2) is 0 Å². The lowest BCUT2D eigenvalue weighted by Gasteiger charge is -2.33. The number of methoxy groups -OCH3 is 1. The van der Waals surface area contributed by atoms with Crippen molar-refractivity contribution < 1.29 is 4.74 Å². The maximum atomic E-state index is 5.98. The molecule has 0 heterocycles. The van der Waals surface area contributed by atoms with Crippen molar-refractivity contribution in [2.75, 3.05) is 13.7 Å². The first-order valence-electron chi connectivity index (χ1n) is 6.91. The van der Waals surface area contributed by atoms with Crippen LogP contribution < -0.4 is 15.8 Å². The van der Waals surface area contributed by atoms with Gasteiger partial charge in [-0.3, -0.25) is 0 Å². The lowest BCUT2D eigenvalue weighted by molar-refractivity contribution is 0.317. The van der Waals surface area contributed by atoms with Crippen LogP contribution in [0.15, 0.2) is 36.4 Å². The van der Waals surface area contributed by atoms with Crippen molar-refractivity contribution in [1.29, 1.82) is 0 Å². The summed E-state index contributed by atoms with van der Waals surface area (Å²) in [4.78, 5) is 0. The Bertz CT molecular complexity index is 419. The molecule has 3 heteroatoms. The quantitative estimate of drug-likeness (QED) is 0.771. The number of hydrogen-bond donors (Lipinski definition) is 2. The number of benzene rings is 1. The van der Waals surface area contributed by atoms with Crippen molar-refractivity contribution in [1.82, 2.24) is 5.32 Å². The third kappa shape index (κ3) is 3.82. The van der Waals surface area contributed by atoms with Gasteiger partial charge in [-0.1, -0.05) is 24.3 Å². The van der Waals surface area contributed by atoms with Crippen LogP contribution in [0, 0.1) is 0 Å². The van der Waals surface area contributed by atoms with Gasteiger partial charge in [0.2, 0.25) is 0 Å². The SMILES string of the molecule is COc1ccc(CC(C)(CN)NC2CC=CC2)cc1. The summed E-state index contributed by atoms with van der Waals surface area (Å²) in [6.45, 7) is 2.84. The molecule has 1 aliphatic carbocycles. The second-order valence-corrected chi connectivity index (χ2v) is 5.57. The van der Waals surface area contributed by atoms with Gasteiger partial charge in [0.25, 0.3) is 0 Å². The van der Waals surface area contributed by atoms with Gasteiger partial charge in [0, 0.05) is 18.1 Å². The van der Waals surface area contributed by atoms with E-state index in [1.807, 2.05) is 12.1 Å². The minimum absolute atomic E-state index is 0.0503. The van der Waals surface area contributed by atoms with E-state index >= 15 is 0 Å². The second-order valence-electron chi connectivity index (χ2n) is 5.57. The van der Waals surface area contributed by atoms with E-state index in [2.05, 4.69) is 36.5 Å². The molecular weight excluding hydrogens is 236 g/mol. The molecule has 1 aromatic carbocycles. The minimum Gasteiger partial charge on any atom is -0.497 e. The van der Waals surface area contributed by atoms with E-state index in [0.29, 0.717) is 12.6 Å². The highest BCUT2D eigenvalue weighted by Gasteiger charge is 2.26. The number of hydrogen-bond acceptors (Lipinski definition) is 3. The molecule has 0 aliphatic heterocycles. The molecular formula is C16H24N2O. The van der Waals surface area contributed by atoms with Crippen molar-refractivity contribution in [3.8, 4) is 5.75 Å². The standard InChI is InChI=1S/C16H24N2O/c1-16(12-17,18-14-5-3-4-6-14)11-13-7-9-15(19-2)10-8-13/h3-4,7-10,14,18H,5-6,11-12,17H2,1-2H3. The van der Waals surface area contributed by atoms with Crippen LogP contribution in [0.3, 0.4) is 0 Å². The average Bonchev–Trinajstić information content (AvgIpc) is 2.92. The molecule has 0 bridgehead atoms. The number of nitrogens with one attached hydrogen (secondary N) is 1. The Hall–Kier alpha value is -1.32. The van der Waals surface area contributed by atoms with Gasteiger partial charge in [0.1, 0.15) is 5.75 Å². The second kappa shape index (κ2) is 6.22. The van der Waals surface area contributed by atoms with E-state index in [1.54, 1.807) is 7.11 Å². The van der Waals surface area contributed by atoms with E-state index in [0.717, 1.165) is 25.0 Å². The lowest BCUT2D eigenvalue weighted by atomic mass is 9.91. The molecule has 0 saturated heterocycles. The summed E-state index contributed by atoms with van der Waals surface area (Å²) >= 11 is 0. The van der Waals surface area contributed by atoms with E-state index in [4.69, 9.17) is 10.5 Å². The topological polar surface area (TPSA) is 47.3 Å². The molecule has 104 valence electrons. The Kier molecular flexibility index (Phi) is 4.61. The summed E-state index contributed by atoms with van der Waals surface area (Å²) in [7, 11) is 1.69. The van der Waals surface area contributed by atoms with Gasteiger partial charge in [-0.2, -0.15) is 0 Å². The molecule has 2 rings (SSSR count). The summed E-state index contributed by atoms with van der Waals surface area (Å²) < 4.78 is 5.18. The largest absolute Gasteiger partial charge is 0.497 e. The zero-order valence-corrected chi connectivity index (χ0v) is 11.9. The first-order valence-corrected chi connectivity index (χ1v) is 6.91. The molecule has 1 atom stereocenters. The van der Waals surface area contributed by atoms with Crippen molar-refractivity contribution in [2.24, 2.45) is 5.73 Å². The smallest absolute Gasteiger partial charge is 0.118 e. The predicted octanol–water partition coefficient (Wildman–Crippen LogP) is 2.26. The molecule has 1 unspecified atom stereocenters. The minimum atomic E-state index is -0.0503. The molecule has 0 radical (unpaired) electrons. The molecule has 1 aliphatic rings. The Morgan fingerprint density at radius 3 is 2.42 bits per heavy atom. The van der Waals surface area contributed by atoms with Crippen LogP contribution in [-0.2, 0) is 6.42 Å². The molecule has 19 heavy (non-hydrogen) atoms. The van der Waals surface area contributed by atoms with E-state index in [-0.39, 0.29) is 5.54 Å². The first kappa shape index (κ1) is 14.1. The van der Waals surface area contributed by atoms with Crippen molar-refractivity contribution in [2.45, 2.75) is 37.8 Å². The highest BCUT2D eigenvalue weighted by Crippen LogP contribution is 2.19. The number of nitrogens with two attached hydrogens (primary N) is 1. The fourth-order valence-corrected chi connectivity index (χ4v) is 2.60. The molecule has 3 nitrogen and oxygen atoms in total. The van der Waals surface area contributed by atoms with E-state index < -0.39 is 0 Å². The molecule has 0 aromatic heterocycles. The first-order chi connectivity index (χ1) is 9.15. The van der Waals surface area contributed by atoms with Crippen molar-refractivity contribution >= 4 is 0 Å². The van der Waals surface area contributed by atoms with Gasteiger partial charge in [0.15, 0.2) is 0 Å². The number of rotatable bonds is 6. The van der Waals surface area contributed by atoms with Crippen LogP contribution in [0.1, 0.15) is 25.3 Å². The van der Waals surface area contributed by atoms with Crippen LogP contribution >= 0.6 is 0 Å². The lowest BCUT2D eigenvalue weighted by Crippen LogP contribution is -2.54. The fourth-order valence-electron chi connectivity index (χ4n) is 2.60. The molecule has 0 saturated carbocycles. The van der Waals surface area contributed by atoms with Crippen molar-refractivity contribution in [3.05, 3.63) is 42.0 Å². The van der Waals surface area contributed by atoms with Gasteiger partial charge in [-0.05, 0) is 43.9 Å². The maximum Gasteiger partial charge on any atom is 0.118 e. The normalized spacial score (nSPS) is 18.5.